The first-order chi connectivity index (χ1) is 9.16. The fraction of sp³-hybridized carbons (Fsp3) is 0.588. The van der Waals surface area contributed by atoms with Crippen LogP contribution < -0.4 is 0 Å². The highest BCUT2D eigenvalue weighted by Gasteiger charge is 2.36. The van der Waals surface area contributed by atoms with Gasteiger partial charge < -0.3 is 8.84 Å². The number of hydrogen-bond donors (Lipinski definition) is 0. The standard InChI is InChI=1S/C17H24O2/c1-13(2)16-9-8-14(3)12-17(16)19-11-5-7-15-6-4-10-18-15/h4-7,10,13-14,16-17H,8-9,12H2,1-3H3/b7-5+/t14-,16+,17-/m1/s1. The molecule has 1 fully saturated rings. The van der Waals surface area contributed by atoms with Crippen molar-refractivity contribution in [3.63, 3.8) is 0 Å². The predicted molar refractivity (Wildman–Crippen MR) is 78.6 cm³/mol. The van der Waals surface area contributed by atoms with Crippen molar-refractivity contribution in [1.82, 2.24) is 0 Å². The minimum absolute atomic E-state index is 0.310. The molecular weight excluding hydrogens is 236 g/mol. The lowest BCUT2D eigenvalue weighted by molar-refractivity contribution is -0.0714. The first-order valence-electron chi connectivity index (χ1n) is 7.28. The second kappa shape index (κ2) is 6.74. The molecule has 0 spiro atoms. The Labute approximate surface area is 116 Å². The topological polar surface area (TPSA) is 24.4 Å². The average Bonchev–Trinajstić information content (AvgIpc) is 2.87. The smallest absolute Gasteiger partial charge is 0.251 e. The quantitative estimate of drug-likeness (QED) is 0.447. The van der Waals surface area contributed by atoms with Crippen molar-refractivity contribution in [2.24, 2.45) is 17.8 Å². The van der Waals surface area contributed by atoms with Crippen LogP contribution in [-0.2, 0) is 4.42 Å². The number of rotatable bonds is 4. The molecule has 0 bridgehead atoms. The summed E-state index contributed by atoms with van der Waals surface area (Å²) in [6.45, 7) is 6.89. The van der Waals surface area contributed by atoms with Crippen LogP contribution in [0.15, 0.2) is 28.9 Å². The van der Waals surface area contributed by atoms with Gasteiger partial charge in [0.25, 0.3) is 6.10 Å². The molecule has 1 aliphatic rings. The highest BCUT2D eigenvalue weighted by Crippen LogP contribution is 2.34. The van der Waals surface area contributed by atoms with E-state index in [4.69, 9.17) is 8.84 Å². The summed E-state index contributed by atoms with van der Waals surface area (Å²) in [5.74, 6) is 2.92. The van der Waals surface area contributed by atoms with Gasteiger partial charge in [-0.1, -0.05) is 20.8 Å². The van der Waals surface area contributed by atoms with Crippen LogP contribution in [0.2, 0.25) is 0 Å². The third-order valence-electron chi connectivity index (χ3n) is 4.04. The van der Waals surface area contributed by atoms with Crippen LogP contribution >= 0.6 is 0 Å². The Morgan fingerprint density at radius 1 is 1.42 bits per heavy atom. The summed E-state index contributed by atoms with van der Waals surface area (Å²) in [7, 11) is 0. The van der Waals surface area contributed by atoms with E-state index in [1.807, 2.05) is 18.2 Å². The van der Waals surface area contributed by atoms with Crippen molar-refractivity contribution < 1.29 is 8.84 Å². The lowest BCUT2D eigenvalue weighted by atomic mass is 9.75. The second-order valence-corrected chi connectivity index (χ2v) is 5.95. The molecule has 1 aromatic heterocycles. The summed E-state index contributed by atoms with van der Waals surface area (Å²) in [5, 5.41) is 0. The molecule has 0 N–H and O–H groups in total. The minimum Gasteiger partial charge on any atom is -0.484 e. The molecule has 1 aromatic rings. The Morgan fingerprint density at radius 3 is 2.95 bits per heavy atom. The molecule has 1 heterocycles. The molecule has 0 amide bonds. The molecule has 19 heavy (non-hydrogen) atoms. The first kappa shape index (κ1) is 14.1. The molecule has 1 aliphatic carbocycles. The fourth-order valence-corrected chi connectivity index (χ4v) is 2.88. The van der Waals surface area contributed by atoms with Gasteiger partial charge in [-0.15, -0.1) is 6.08 Å². The molecule has 0 unspecified atom stereocenters. The predicted octanol–water partition coefficient (Wildman–Crippen LogP) is 4.40. The third kappa shape index (κ3) is 4.09. The maximum atomic E-state index is 5.85. The Kier molecular flexibility index (Phi) is 5.00. The van der Waals surface area contributed by atoms with Crippen LogP contribution in [0.5, 0.6) is 0 Å². The largest absolute Gasteiger partial charge is 0.484 e. The lowest BCUT2D eigenvalue weighted by Crippen LogP contribution is -2.32. The zero-order chi connectivity index (χ0) is 13.7. The first-order valence-corrected chi connectivity index (χ1v) is 7.28. The monoisotopic (exact) mass is 260 g/mol. The van der Waals surface area contributed by atoms with E-state index < -0.39 is 0 Å². The van der Waals surface area contributed by atoms with Crippen molar-refractivity contribution in [2.75, 3.05) is 0 Å². The number of hydrogen-bond acceptors (Lipinski definition) is 1. The van der Waals surface area contributed by atoms with Gasteiger partial charge in [0, 0.05) is 18.1 Å². The molecule has 0 saturated heterocycles. The van der Waals surface area contributed by atoms with Gasteiger partial charge in [0.1, 0.15) is 0 Å². The number of allylic oxidation sites excluding steroid dienone is 1. The third-order valence-corrected chi connectivity index (χ3v) is 4.04. The molecule has 2 rings (SSSR count). The van der Waals surface area contributed by atoms with Crippen molar-refractivity contribution in [3.8, 4) is 0 Å². The van der Waals surface area contributed by atoms with Gasteiger partial charge >= 0.3 is 0 Å². The lowest BCUT2D eigenvalue weighted by Gasteiger charge is -2.29. The van der Waals surface area contributed by atoms with E-state index in [0.717, 1.165) is 18.1 Å². The van der Waals surface area contributed by atoms with E-state index in [9.17, 15) is 0 Å². The summed E-state index contributed by atoms with van der Waals surface area (Å²) in [5.41, 5.74) is 0. The van der Waals surface area contributed by atoms with E-state index in [-0.39, 0.29) is 0 Å². The van der Waals surface area contributed by atoms with Crippen molar-refractivity contribution in [2.45, 2.75) is 46.1 Å². The van der Waals surface area contributed by atoms with Gasteiger partial charge in [-0.3, -0.25) is 0 Å². The van der Waals surface area contributed by atoms with Crippen LogP contribution in [0.1, 0.15) is 45.8 Å². The molecule has 1 saturated carbocycles. The molecule has 2 heteroatoms. The zero-order valence-electron chi connectivity index (χ0n) is 12.1. The van der Waals surface area contributed by atoms with Crippen molar-refractivity contribution in [3.05, 3.63) is 30.2 Å². The van der Waals surface area contributed by atoms with Gasteiger partial charge in [-0.2, -0.15) is 6.08 Å². The molecular formula is C17H24O2. The summed E-state index contributed by atoms with van der Waals surface area (Å²) in [4.78, 5) is 0. The molecule has 104 valence electrons. The van der Waals surface area contributed by atoms with E-state index >= 15 is 0 Å². The maximum Gasteiger partial charge on any atom is 0.251 e. The highest BCUT2D eigenvalue weighted by molar-refractivity contribution is 5.73. The fourth-order valence-electron chi connectivity index (χ4n) is 2.88. The van der Waals surface area contributed by atoms with Crippen LogP contribution in [0.3, 0.4) is 0 Å². The minimum atomic E-state index is 0.310. The van der Waals surface area contributed by atoms with Crippen LogP contribution in [0.25, 0.3) is 6.08 Å². The summed E-state index contributed by atoms with van der Waals surface area (Å²) < 4.78 is 11.1. The van der Waals surface area contributed by atoms with E-state index in [1.54, 1.807) is 12.3 Å². The van der Waals surface area contributed by atoms with Gasteiger partial charge in [-0.25, -0.2) is 0 Å². The van der Waals surface area contributed by atoms with Crippen molar-refractivity contribution in [1.29, 1.82) is 0 Å². The van der Waals surface area contributed by atoms with Crippen LogP contribution in [0, 0.1) is 17.8 Å². The molecule has 0 aliphatic heterocycles. The number of carbonyl (C=O) groups excluding carboxylic acids is 1. The molecule has 2 nitrogen and oxygen atoms in total. The Morgan fingerprint density at radius 2 is 2.26 bits per heavy atom. The molecule has 0 radical (unpaired) electrons. The summed E-state index contributed by atoms with van der Waals surface area (Å²) in [6.07, 6.45) is 12.3. The van der Waals surface area contributed by atoms with E-state index in [1.165, 1.54) is 12.8 Å². The highest BCUT2D eigenvalue weighted by atomic mass is 16.4. The average molecular weight is 260 g/mol. The summed E-state index contributed by atoms with van der Waals surface area (Å²) >= 11 is 0. The Bertz CT molecular complexity index is 414. The Hall–Kier alpha value is -1.31. The second-order valence-electron chi connectivity index (χ2n) is 5.95. The maximum absolute atomic E-state index is 5.85. The van der Waals surface area contributed by atoms with Gasteiger partial charge in [0.15, 0.2) is 0 Å². The van der Waals surface area contributed by atoms with E-state index in [0.29, 0.717) is 17.9 Å². The van der Waals surface area contributed by atoms with Crippen LogP contribution in [-0.4, -0.2) is 12.4 Å². The zero-order valence-corrected chi connectivity index (χ0v) is 12.1. The van der Waals surface area contributed by atoms with Crippen molar-refractivity contribution >= 4 is 12.4 Å². The van der Waals surface area contributed by atoms with Crippen LogP contribution in [0.4, 0.5) is 0 Å². The molecule has 0 aromatic carbocycles. The van der Waals surface area contributed by atoms with Gasteiger partial charge in [0.05, 0.1) is 6.26 Å². The van der Waals surface area contributed by atoms with Gasteiger partial charge in [-0.05, 0) is 36.8 Å². The number of furan rings is 1. The summed E-state index contributed by atoms with van der Waals surface area (Å²) in [6, 6.07) is 3.79. The molecule has 3 atom stereocenters. The Balaban J connectivity index is 1.94. The SMILES string of the molecule is CC(C)[C@@H]1CC[C@@H](C)C[C@H]1[O+]=[C-]/C=C/c1ccco1. The van der Waals surface area contributed by atoms with Gasteiger partial charge in [0.2, 0.25) is 6.29 Å². The van der Waals surface area contributed by atoms with E-state index in [2.05, 4.69) is 27.1 Å². The normalized spacial score (nSPS) is 28.7.